The van der Waals surface area contributed by atoms with Gasteiger partial charge in [-0.15, -0.1) is 0 Å². The third-order valence-corrected chi connectivity index (χ3v) is 4.62. The molecule has 0 saturated heterocycles. The van der Waals surface area contributed by atoms with Crippen LogP contribution < -0.4 is 15.1 Å². The Hall–Kier alpha value is -2.34. The van der Waals surface area contributed by atoms with Gasteiger partial charge in [-0.05, 0) is 42.7 Å². The zero-order chi connectivity index (χ0) is 17.6. The van der Waals surface area contributed by atoms with Crippen molar-refractivity contribution < 1.29 is 9.53 Å². The number of hydrogen-bond donors (Lipinski definition) is 1. The van der Waals surface area contributed by atoms with Gasteiger partial charge in [-0.2, -0.15) is 5.10 Å². The second-order valence-electron chi connectivity index (χ2n) is 5.83. The predicted octanol–water partition coefficient (Wildman–Crippen LogP) is 3.36. The molecule has 0 aliphatic carbocycles. The van der Waals surface area contributed by atoms with Crippen molar-refractivity contribution in [2.75, 3.05) is 25.1 Å². The van der Waals surface area contributed by atoms with Crippen LogP contribution >= 0.6 is 15.9 Å². The largest absolute Gasteiger partial charge is 0.496 e. The number of hydrazone groups is 1. The Labute approximate surface area is 155 Å². The Balaban J connectivity index is 1.62. The maximum Gasteiger partial charge on any atom is 0.259 e. The number of carbonyl (C=O) groups excluding carboxylic acids is 1. The molecule has 5 nitrogen and oxygen atoms in total. The number of para-hydroxylation sites is 1. The van der Waals surface area contributed by atoms with Crippen LogP contribution in [0.5, 0.6) is 5.75 Å². The molecule has 6 heteroatoms. The lowest BCUT2D eigenvalue weighted by Gasteiger charge is -2.30. The van der Waals surface area contributed by atoms with E-state index in [9.17, 15) is 4.79 Å². The molecular formula is C19H20BrN3O2. The van der Waals surface area contributed by atoms with Crippen LogP contribution in [-0.2, 0) is 11.2 Å². The number of carbonyl (C=O) groups is 1. The van der Waals surface area contributed by atoms with Gasteiger partial charge in [0.05, 0.1) is 19.9 Å². The summed E-state index contributed by atoms with van der Waals surface area (Å²) in [6, 6.07) is 13.9. The molecule has 3 rings (SSSR count). The van der Waals surface area contributed by atoms with Crippen molar-refractivity contribution in [3.05, 3.63) is 58.1 Å². The lowest BCUT2D eigenvalue weighted by molar-refractivity contribution is -0.119. The van der Waals surface area contributed by atoms with Crippen molar-refractivity contribution >= 4 is 33.7 Å². The zero-order valence-corrected chi connectivity index (χ0v) is 15.6. The number of nitrogens with zero attached hydrogens (tertiary/aromatic N) is 2. The smallest absolute Gasteiger partial charge is 0.259 e. The van der Waals surface area contributed by atoms with Gasteiger partial charge in [0.15, 0.2) is 0 Å². The normalized spacial score (nSPS) is 13.6. The molecule has 0 bridgehead atoms. The van der Waals surface area contributed by atoms with E-state index in [4.69, 9.17) is 4.74 Å². The van der Waals surface area contributed by atoms with E-state index in [-0.39, 0.29) is 5.91 Å². The van der Waals surface area contributed by atoms with Gasteiger partial charge in [-0.1, -0.05) is 34.1 Å². The monoisotopic (exact) mass is 401 g/mol. The molecule has 1 amide bonds. The minimum atomic E-state index is -0.137. The average molecular weight is 402 g/mol. The number of methoxy groups -OCH3 is 1. The molecule has 0 aromatic heterocycles. The molecule has 2 aromatic carbocycles. The van der Waals surface area contributed by atoms with E-state index in [0.29, 0.717) is 12.3 Å². The Bertz CT molecular complexity index is 792. The van der Waals surface area contributed by atoms with E-state index in [0.717, 1.165) is 35.1 Å². The second kappa shape index (κ2) is 8.16. The number of ether oxygens (including phenoxy) is 1. The van der Waals surface area contributed by atoms with Crippen LogP contribution in [0.4, 0.5) is 5.69 Å². The molecule has 0 fully saturated rings. The first-order chi connectivity index (χ1) is 12.2. The van der Waals surface area contributed by atoms with Crippen LogP contribution in [0.2, 0.25) is 0 Å². The SMILES string of the molecule is COc1ccc(Br)cc1/C=N/NC(=O)CN1CCCc2ccccc21. The maximum atomic E-state index is 12.2. The fourth-order valence-corrected chi connectivity index (χ4v) is 3.34. The van der Waals surface area contributed by atoms with Crippen LogP contribution in [0.3, 0.4) is 0 Å². The fourth-order valence-electron chi connectivity index (χ4n) is 2.96. The van der Waals surface area contributed by atoms with Gasteiger partial charge in [0.2, 0.25) is 0 Å². The number of nitrogens with one attached hydrogen (secondary N) is 1. The first kappa shape index (κ1) is 17.5. The lowest BCUT2D eigenvalue weighted by Crippen LogP contribution is -2.38. The van der Waals surface area contributed by atoms with Crippen molar-refractivity contribution in [1.82, 2.24) is 5.43 Å². The van der Waals surface area contributed by atoms with Crippen LogP contribution in [0.1, 0.15) is 17.5 Å². The minimum absolute atomic E-state index is 0.137. The molecule has 2 aromatic rings. The summed E-state index contributed by atoms with van der Waals surface area (Å²) in [5.74, 6) is 0.563. The molecule has 0 saturated carbocycles. The number of hydrogen-bond acceptors (Lipinski definition) is 4. The van der Waals surface area contributed by atoms with E-state index in [2.05, 4.69) is 43.5 Å². The van der Waals surface area contributed by atoms with E-state index >= 15 is 0 Å². The van der Waals surface area contributed by atoms with E-state index in [1.165, 1.54) is 5.56 Å². The Morgan fingerprint density at radius 1 is 1.36 bits per heavy atom. The van der Waals surface area contributed by atoms with Gasteiger partial charge in [0.1, 0.15) is 5.75 Å². The summed E-state index contributed by atoms with van der Waals surface area (Å²) in [4.78, 5) is 14.3. The molecular weight excluding hydrogens is 382 g/mol. The van der Waals surface area contributed by atoms with Gasteiger partial charge in [-0.25, -0.2) is 5.43 Å². The summed E-state index contributed by atoms with van der Waals surface area (Å²) >= 11 is 3.42. The minimum Gasteiger partial charge on any atom is -0.496 e. The van der Waals surface area contributed by atoms with Gasteiger partial charge < -0.3 is 9.64 Å². The average Bonchev–Trinajstić information content (AvgIpc) is 2.62. The Kier molecular flexibility index (Phi) is 5.71. The van der Waals surface area contributed by atoms with Crippen molar-refractivity contribution in [3.8, 4) is 5.75 Å². The van der Waals surface area contributed by atoms with E-state index in [1.807, 2.05) is 30.3 Å². The number of benzene rings is 2. The third kappa shape index (κ3) is 4.39. The molecule has 0 unspecified atom stereocenters. The quantitative estimate of drug-likeness (QED) is 0.617. The molecule has 130 valence electrons. The van der Waals surface area contributed by atoms with Crippen LogP contribution in [0, 0.1) is 0 Å². The molecule has 0 spiro atoms. The highest BCUT2D eigenvalue weighted by molar-refractivity contribution is 9.10. The standard InChI is InChI=1S/C19H20BrN3O2/c1-25-18-9-8-16(20)11-15(18)12-21-22-19(24)13-23-10-4-6-14-5-2-3-7-17(14)23/h2-3,5,7-9,11-12H,4,6,10,13H2,1H3,(H,22,24)/b21-12+. The van der Waals surface area contributed by atoms with Crippen LogP contribution in [-0.4, -0.2) is 32.3 Å². The van der Waals surface area contributed by atoms with Crippen LogP contribution in [0.15, 0.2) is 52.0 Å². The van der Waals surface area contributed by atoms with Crippen molar-refractivity contribution in [1.29, 1.82) is 0 Å². The summed E-state index contributed by atoms with van der Waals surface area (Å²) in [6.07, 6.45) is 3.71. The molecule has 0 atom stereocenters. The van der Waals surface area contributed by atoms with Gasteiger partial charge in [-0.3, -0.25) is 4.79 Å². The van der Waals surface area contributed by atoms with Crippen molar-refractivity contribution in [3.63, 3.8) is 0 Å². The number of aryl methyl sites for hydroxylation is 1. The summed E-state index contributed by atoms with van der Waals surface area (Å²) in [6.45, 7) is 1.18. The number of fused-ring (bicyclic) bond motifs is 1. The number of halogens is 1. The van der Waals surface area contributed by atoms with Gasteiger partial charge in [0.25, 0.3) is 5.91 Å². The first-order valence-corrected chi connectivity index (χ1v) is 8.95. The van der Waals surface area contributed by atoms with Crippen LogP contribution in [0.25, 0.3) is 0 Å². The number of rotatable bonds is 5. The second-order valence-corrected chi connectivity index (χ2v) is 6.75. The third-order valence-electron chi connectivity index (χ3n) is 4.13. The molecule has 0 radical (unpaired) electrons. The predicted molar refractivity (Wildman–Crippen MR) is 103 cm³/mol. The zero-order valence-electron chi connectivity index (χ0n) is 14.0. The topological polar surface area (TPSA) is 53.9 Å². The molecule has 25 heavy (non-hydrogen) atoms. The molecule has 1 heterocycles. The fraction of sp³-hybridized carbons (Fsp3) is 0.263. The van der Waals surface area contributed by atoms with E-state index < -0.39 is 0 Å². The van der Waals surface area contributed by atoms with Crippen molar-refractivity contribution in [2.24, 2.45) is 5.10 Å². The number of amides is 1. The maximum absolute atomic E-state index is 12.2. The Morgan fingerprint density at radius 3 is 3.04 bits per heavy atom. The molecule has 1 aliphatic heterocycles. The Morgan fingerprint density at radius 2 is 2.20 bits per heavy atom. The van der Waals surface area contributed by atoms with E-state index in [1.54, 1.807) is 13.3 Å². The lowest BCUT2D eigenvalue weighted by atomic mass is 10.0. The first-order valence-electron chi connectivity index (χ1n) is 8.15. The summed E-state index contributed by atoms with van der Waals surface area (Å²) in [7, 11) is 1.60. The summed E-state index contributed by atoms with van der Waals surface area (Å²) in [5.41, 5.74) is 5.83. The molecule has 1 aliphatic rings. The number of anilines is 1. The van der Waals surface area contributed by atoms with Gasteiger partial charge >= 0.3 is 0 Å². The molecule has 1 N–H and O–H groups in total. The van der Waals surface area contributed by atoms with Crippen molar-refractivity contribution in [2.45, 2.75) is 12.8 Å². The van der Waals surface area contributed by atoms with Gasteiger partial charge in [0, 0.05) is 22.3 Å². The summed E-state index contributed by atoms with van der Waals surface area (Å²) < 4.78 is 6.21. The highest BCUT2D eigenvalue weighted by Gasteiger charge is 2.18. The highest BCUT2D eigenvalue weighted by atomic mass is 79.9. The highest BCUT2D eigenvalue weighted by Crippen LogP contribution is 2.26. The summed E-state index contributed by atoms with van der Waals surface area (Å²) in [5, 5.41) is 4.06.